The highest BCUT2D eigenvalue weighted by Gasteiger charge is 2.06. The lowest BCUT2D eigenvalue weighted by Crippen LogP contribution is -2.13. The van der Waals surface area contributed by atoms with Crippen molar-refractivity contribution in [1.82, 2.24) is 0 Å². The van der Waals surface area contributed by atoms with Crippen LogP contribution < -0.4 is 5.73 Å². The maximum absolute atomic E-state index is 12.8. The molecule has 0 radical (unpaired) electrons. The van der Waals surface area contributed by atoms with E-state index in [0.717, 1.165) is 12.1 Å². The normalized spacial score (nSPS) is 9.31. The molecule has 1 rings (SSSR count). The molecule has 1 aromatic rings. The summed E-state index contributed by atoms with van der Waals surface area (Å²) in [6, 6.07) is 5.20. The van der Waals surface area contributed by atoms with Crippen molar-refractivity contribution < 1.29 is 9.18 Å². The zero-order chi connectivity index (χ0) is 9.84. The third-order valence-electron chi connectivity index (χ3n) is 1.53. The lowest BCUT2D eigenvalue weighted by Gasteiger charge is -1.98. The summed E-state index contributed by atoms with van der Waals surface area (Å²) in [5.41, 5.74) is 5.35. The quantitative estimate of drug-likeness (QED) is 0.682. The van der Waals surface area contributed by atoms with Gasteiger partial charge in [-0.2, -0.15) is 5.26 Å². The summed E-state index contributed by atoms with van der Waals surface area (Å²) in [6.07, 6.45) is 0. The number of Topliss-reactive ketones (excluding diaryl/α,β-unsaturated/α-hetero) is 1. The molecule has 1 aromatic carbocycles. The Morgan fingerprint density at radius 2 is 2.23 bits per heavy atom. The molecule has 0 aliphatic heterocycles. The second-order valence-corrected chi connectivity index (χ2v) is 2.47. The molecule has 4 heteroatoms. The predicted octanol–water partition coefficient (Wildman–Crippen LogP) is 0.839. The first-order valence-corrected chi connectivity index (χ1v) is 3.61. The fourth-order valence-electron chi connectivity index (χ4n) is 0.933. The molecule has 0 aliphatic carbocycles. The Morgan fingerprint density at radius 1 is 1.54 bits per heavy atom. The Morgan fingerprint density at radius 3 is 2.77 bits per heavy atom. The van der Waals surface area contributed by atoms with E-state index in [1.165, 1.54) is 6.07 Å². The maximum Gasteiger partial charge on any atom is 0.176 e. The zero-order valence-corrected chi connectivity index (χ0v) is 6.75. The Labute approximate surface area is 74.6 Å². The number of halogens is 1. The third-order valence-corrected chi connectivity index (χ3v) is 1.53. The SMILES string of the molecule is N#Cc1cc(F)cc(C(=O)CN)c1. The van der Waals surface area contributed by atoms with Crippen LogP contribution in [0.15, 0.2) is 18.2 Å². The number of nitrogens with zero attached hydrogens (tertiary/aromatic N) is 1. The number of carbonyl (C=O) groups is 1. The summed E-state index contributed by atoms with van der Waals surface area (Å²) in [7, 11) is 0. The first-order valence-electron chi connectivity index (χ1n) is 3.61. The minimum atomic E-state index is -0.601. The number of hydrogen-bond donors (Lipinski definition) is 1. The minimum Gasteiger partial charge on any atom is -0.324 e. The smallest absolute Gasteiger partial charge is 0.176 e. The van der Waals surface area contributed by atoms with Gasteiger partial charge in [-0.15, -0.1) is 0 Å². The number of hydrogen-bond acceptors (Lipinski definition) is 3. The molecule has 0 bridgehead atoms. The van der Waals surface area contributed by atoms with Crippen molar-refractivity contribution in [3.05, 3.63) is 35.1 Å². The van der Waals surface area contributed by atoms with Gasteiger partial charge in [0, 0.05) is 5.56 Å². The van der Waals surface area contributed by atoms with Crippen LogP contribution >= 0.6 is 0 Å². The van der Waals surface area contributed by atoms with Gasteiger partial charge in [-0.3, -0.25) is 4.79 Å². The van der Waals surface area contributed by atoms with Gasteiger partial charge in [-0.1, -0.05) is 0 Å². The van der Waals surface area contributed by atoms with Crippen molar-refractivity contribution in [3.8, 4) is 6.07 Å². The van der Waals surface area contributed by atoms with Crippen LogP contribution in [0.4, 0.5) is 4.39 Å². The Kier molecular flexibility index (Phi) is 2.72. The van der Waals surface area contributed by atoms with Gasteiger partial charge in [0.25, 0.3) is 0 Å². The molecular formula is C9H7FN2O. The number of nitriles is 1. The Balaban J connectivity index is 3.17. The van der Waals surface area contributed by atoms with E-state index in [-0.39, 0.29) is 23.5 Å². The number of carbonyl (C=O) groups excluding carboxylic acids is 1. The molecule has 0 saturated heterocycles. The first-order chi connectivity index (χ1) is 6.17. The number of nitrogens with two attached hydrogens (primary N) is 1. The topological polar surface area (TPSA) is 66.9 Å². The van der Waals surface area contributed by atoms with Gasteiger partial charge < -0.3 is 5.73 Å². The van der Waals surface area contributed by atoms with E-state index in [9.17, 15) is 9.18 Å². The summed E-state index contributed by atoms with van der Waals surface area (Å²) in [6.45, 7) is -0.186. The first kappa shape index (κ1) is 9.36. The molecule has 0 amide bonds. The Hall–Kier alpha value is -1.73. The molecule has 3 nitrogen and oxygen atoms in total. The van der Waals surface area contributed by atoms with Crippen molar-refractivity contribution in [3.63, 3.8) is 0 Å². The lowest BCUT2D eigenvalue weighted by molar-refractivity contribution is 0.100. The molecule has 0 aliphatic rings. The zero-order valence-electron chi connectivity index (χ0n) is 6.75. The van der Waals surface area contributed by atoms with Gasteiger partial charge >= 0.3 is 0 Å². The van der Waals surface area contributed by atoms with E-state index in [0.29, 0.717) is 0 Å². The van der Waals surface area contributed by atoms with Crippen LogP contribution in [0, 0.1) is 17.1 Å². The number of ketones is 1. The van der Waals surface area contributed by atoms with E-state index in [1.807, 2.05) is 0 Å². The summed E-state index contributed by atoms with van der Waals surface area (Å²) in [5.74, 6) is -0.980. The monoisotopic (exact) mass is 178 g/mol. The van der Waals surface area contributed by atoms with Gasteiger partial charge in [0.2, 0.25) is 0 Å². The largest absolute Gasteiger partial charge is 0.324 e. The summed E-state index contributed by atoms with van der Waals surface area (Å²) >= 11 is 0. The fourth-order valence-corrected chi connectivity index (χ4v) is 0.933. The molecule has 0 unspecified atom stereocenters. The number of rotatable bonds is 2. The van der Waals surface area contributed by atoms with E-state index in [2.05, 4.69) is 0 Å². The van der Waals surface area contributed by atoms with Crippen molar-refractivity contribution >= 4 is 5.78 Å². The summed E-state index contributed by atoms with van der Waals surface area (Å²) in [4.78, 5) is 11.0. The van der Waals surface area contributed by atoms with Crippen LogP contribution in [0.3, 0.4) is 0 Å². The highest BCUT2D eigenvalue weighted by molar-refractivity contribution is 5.97. The van der Waals surface area contributed by atoms with Gasteiger partial charge in [0.1, 0.15) is 5.82 Å². The average molecular weight is 178 g/mol. The van der Waals surface area contributed by atoms with Crippen LogP contribution in [-0.2, 0) is 0 Å². The van der Waals surface area contributed by atoms with Crippen molar-refractivity contribution in [2.75, 3.05) is 6.54 Å². The lowest BCUT2D eigenvalue weighted by atomic mass is 10.1. The van der Waals surface area contributed by atoms with E-state index >= 15 is 0 Å². The van der Waals surface area contributed by atoms with Crippen LogP contribution in [-0.4, -0.2) is 12.3 Å². The third kappa shape index (κ3) is 2.10. The average Bonchev–Trinajstić information content (AvgIpc) is 2.15. The van der Waals surface area contributed by atoms with Crippen molar-refractivity contribution in [2.45, 2.75) is 0 Å². The van der Waals surface area contributed by atoms with Crippen molar-refractivity contribution in [2.24, 2.45) is 5.73 Å². The number of benzene rings is 1. The highest BCUT2D eigenvalue weighted by atomic mass is 19.1. The molecule has 0 spiro atoms. The van der Waals surface area contributed by atoms with Crippen LogP contribution in [0.1, 0.15) is 15.9 Å². The summed E-state index contributed by atoms with van der Waals surface area (Å²) in [5, 5.41) is 8.48. The molecule has 13 heavy (non-hydrogen) atoms. The fraction of sp³-hybridized carbons (Fsp3) is 0.111. The maximum atomic E-state index is 12.8. The molecule has 0 atom stereocenters. The molecule has 0 saturated carbocycles. The molecular weight excluding hydrogens is 171 g/mol. The molecule has 66 valence electrons. The van der Waals surface area contributed by atoms with Crippen LogP contribution in [0.2, 0.25) is 0 Å². The van der Waals surface area contributed by atoms with Gasteiger partial charge in [0.15, 0.2) is 5.78 Å². The molecule has 0 heterocycles. The second kappa shape index (κ2) is 3.78. The Bertz CT molecular complexity index is 382. The van der Waals surface area contributed by atoms with E-state index in [1.54, 1.807) is 6.07 Å². The molecule has 0 fully saturated rings. The highest BCUT2D eigenvalue weighted by Crippen LogP contribution is 2.08. The van der Waals surface area contributed by atoms with E-state index in [4.69, 9.17) is 11.0 Å². The van der Waals surface area contributed by atoms with E-state index < -0.39 is 5.82 Å². The van der Waals surface area contributed by atoms with Crippen LogP contribution in [0.5, 0.6) is 0 Å². The molecule has 2 N–H and O–H groups in total. The second-order valence-electron chi connectivity index (χ2n) is 2.47. The van der Waals surface area contributed by atoms with Gasteiger partial charge in [-0.05, 0) is 18.2 Å². The van der Waals surface area contributed by atoms with Gasteiger partial charge in [0.05, 0.1) is 18.2 Å². The van der Waals surface area contributed by atoms with Crippen molar-refractivity contribution in [1.29, 1.82) is 5.26 Å². The standard InChI is InChI=1S/C9H7FN2O/c10-8-2-6(4-11)1-7(3-8)9(13)5-12/h1-3H,5,12H2. The summed E-state index contributed by atoms with van der Waals surface area (Å²) < 4.78 is 12.8. The van der Waals surface area contributed by atoms with Crippen LogP contribution in [0.25, 0.3) is 0 Å². The predicted molar refractivity (Wildman–Crippen MR) is 44.5 cm³/mol. The van der Waals surface area contributed by atoms with Gasteiger partial charge in [-0.25, -0.2) is 4.39 Å². The molecule has 0 aromatic heterocycles. The minimum absolute atomic E-state index is 0.122.